The molecule has 2 aromatic carbocycles. The van der Waals surface area contributed by atoms with Crippen molar-refractivity contribution in [3.8, 4) is 0 Å². The highest BCUT2D eigenvalue weighted by Crippen LogP contribution is 2.50. The highest BCUT2D eigenvalue weighted by Gasteiger charge is 2.60. The smallest absolute Gasteiger partial charge is 0.233 e. The lowest BCUT2D eigenvalue weighted by molar-refractivity contribution is -0.142. The number of amides is 4. The molecule has 0 aromatic heterocycles. The summed E-state index contributed by atoms with van der Waals surface area (Å²) in [6.45, 7) is 1.54. The van der Waals surface area contributed by atoms with Gasteiger partial charge in [-0.15, -0.1) is 0 Å². The minimum atomic E-state index is -0.585. The van der Waals surface area contributed by atoms with E-state index in [0.29, 0.717) is 37.1 Å². The Kier molecular flexibility index (Phi) is 6.28. The van der Waals surface area contributed by atoms with E-state index in [1.165, 1.54) is 9.80 Å². The minimum Gasteiger partial charge on any atom is -0.307 e. The normalized spacial score (nSPS) is 38.2. The summed E-state index contributed by atoms with van der Waals surface area (Å²) >= 11 is 0. The Bertz CT molecular complexity index is 1580. The number of rotatable bonds is 0. The maximum atomic E-state index is 14.0. The van der Waals surface area contributed by atoms with Crippen LogP contribution >= 0.6 is 0 Å². The Labute approximate surface area is 266 Å². The van der Waals surface area contributed by atoms with E-state index in [1.807, 2.05) is 24.3 Å². The van der Waals surface area contributed by atoms with Gasteiger partial charge in [-0.1, -0.05) is 48.5 Å². The predicted molar refractivity (Wildman–Crippen MR) is 163 cm³/mol. The van der Waals surface area contributed by atoms with Crippen LogP contribution in [0.4, 0.5) is 0 Å². The third-order valence-corrected chi connectivity index (χ3v) is 12.4. The van der Waals surface area contributed by atoms with E-state index in [-0.39, 0.29) is 72.0 Å². The lowest BCUT2D eigenvalue weighted by Crippen LogP contribution is -2.45. The number of Topliss-reactive ketones (excluding diaryl/α,β-unsaturated/α-hetero) is 2. The molecule has 8 aliphatic heterocycles. The molecule has 8 heterocycles. The van der Waals surface area contributed by atoms with Crippen molar-refractivity contribution in [2.45, 2.75) is 50.9 Å². The molecule has 2 N–H and O–H groups in total. The van der Waals surface area contributed by atoms with Crippen LogP contribution in [0.2, 0.25) is 0 Å². The van der Waals surface area contributed by atoms with Crippen molar-refractivity contribution in [1.82, 2.24) is 20.4 Å². The monoisotopic (exact) mass is 620 g/mol. The Morgan fingerprint density at radius 2 is 0.891 bits per heavy atom. The molecule has 8 bridgehead atoms. The van der Waals surface area contributed by atoms with Crippen LogP contribution < -0.4 is 10.6 Å². The predicted octanol–water partition coefficient (Wildman–Crippen LogP) is 1.96. The van der Waals surface area contributed by atoms with Gasteiger partial charge in [0.25, 0.3) is 0 Å². The fourth-order valence-corrected chi connectivity index (χ4v) is 10.2. The molecular formula is C36H36N4O6. The van der Waals surface area contributed by atoms with E-state index >= 15 is 0 Å². The second-order valence-corrected chi connectivity index (χ2v) is 14.5. The van der Waals surface area contributed by atoms with Crippen molar-refractivity contribution in [2.24, 2.45) is 47.3 Å². The zero-order chi connectivity index (χ0) is 31.4. The highest BCUT2D eigenvalue weighted by atomic mass is 16.2. The summed E-state index contributed by atoms with van der Waals surface area (Å²) in [7, 11) is 0. The van der Waals surface area contributed by atoms with Crippen molar-refractivity contribution in [2.75, 3.05) is 13.1 Å². The van der Waals surface area contributed by atoms with Gasteiger partial charge in [-0.2, -0.15) is 0 Å². The molecule has 2 aromatic rings. The number of hydrogen-bond donors (Lipinski definition) is 2. The summed E-state index contributed by atoms with van der Waals surface area (Å²) in [5, 5.41) is 6.78. The topological polar surface area (TPSA) is 133 Å². The van der Waals surface area contributed by atoms with Gasteiger partial charge in [0.1, 0.15) is 0 Å². The second-order valence-electron chi connectivity index (χ2n) is 14.5. The fourth-order valence-electron chi connectivity index (χ4n) is 10.2. The molecule has 10 heteroatoms. The Morgan fingerprint density at radius 1 is 0.500 bits per heavy atom. The van der Waals surface area contributed by atoms with Gasteiger partial charge in [0.2, 0.25) is 23.6 Å². The van der Waals surface area contributed by atoms with Crippen molar-refractivity contribution in [3.05, 3.63) is 70.8 Å². The van der Waals surface area contributed by atoms with Crippen molar-refractivity contribution >= 4 is 35.2 Å². The minimum absolute atomic E-state index is 0.132. The molecule has 0 radical (unpaired) electrons. The van der Waals surface area contributed by atoms with E-state index in [1.54, 1.807) is 24.3 Å². The summed E-state index contributed by atoms with van der Waals surface area (Å²) in [6.07, 6.45) is 2.82. The van der Waals surface area contributed by atoms with Crippen molar-refractivity contribution in [1.29, 1.82) is 0 Å². The van der Waals surface area contributed by atoms with Gasteiger partial charge in [0.05, 0.1) is 48.8 Å². The lowest BCUT2D eigenvalue weighted by atomic mass is 9.65. The molecule has 10 nitrogen and oxygen atoms in total. The number of carbonyl (C=O) groups excluding carboxylic acids is 6. The average molecular weight is 621 g/mol. The first-order valence-electron chi connectivity index (χ1n) is 16.7. The van der Waals surface area contributed by atoms with E-state index in [4.69, 9.17) is 0 Å². The Morgan fingerprint density at radius 3 is 1.28 bits per heavy atom. The molecular weight excluding hydrogens is 584 g/mol. The zero-order valence-electron chi connectivity index (χ0n) is 25.4. The molecule has 4 amide bonds. The average Bonchev–Trinajstić information content (AvgIpc) is 3.82. The van der Waals surface area contributed by atoms with Gasteiger partial charge in [-0.3, -0.25) is 38.6 Å². The molecule has 6 fully saturated rings. The Balaban J connectivity index is 1.11. The SMILES string of the molecule is O=C1c2ccc(cc2)C(=O)C2NC[C@H]3CC[C@H]4C(=O)N(Cc5ccc(cc5)CN5C(=O)[C@H]6[C@H]7C1NC[C@H]7CC[C@H]6C5=O)C(=O)[C@H]4[C@@H]23. The molecule has 46 heavy (non-hydrogen) atoms. The number of nitrogens with zero attached hydrogens (tertiary/aromatic N) is 2. The van der Waals surface area contributed by atoms with E-state index < -0.39 is 35.8 Å². The fraction of sp³-hybridized carbons (Fsp3) is 0.500. The number of hydrogen-bond acceptors (Lipinski definition) is 8. The lowest BCUT2D eigenvalue weighted by Gasteiger charge is -2.35. The zero-order valence-corrected chi connectivity index (χ0v) is 25.4. The van der Waals surface area contributed by atoms with E-state index in [0.717, 1.165) is 24.0 Å². The van der Waals surface area contributed by atoms with Crippen LogP contribution in [0.15, 0.2) is 48.5 Å². The first kappa shape index (κ1) is 28.2. The molecule has 4 saturated heterocycles. The highest BCUT2D eigenvalue weighted by molar-refractivity contribution is 6.08. The number of benzene rings is 2. The molecule has 2 saturated carbocycles. The van der Waals surface area contributed by atoms with Crippen LogP contribution in [0, 0.1) is 47.3 Å². The van der Waals surface area contributed by atoms with E-state index in [2.05, 4.69) is 10.6 Å². The molecule has 12 rings (SSSR count). The van der Waals surface area contributed by atoms with E-state index in [9.17, 15) is 28.8 Å². The number of imide groups is 2. The van der Waals surface area contributed by atoms with Crippen molar-refractivity contribution < 1.29 is 28.8 Å². The maximum absolute atomic E-state index is 14.0. The third kappa shape index (κ3) is 3.95. The van der Waals surface area contributed by atoms with Gasteiger partial charge in [0, 0.05) is 11.1 Å². The molecule has 2 unspecified atom stereocenters. The van der Waals surface area contributed by atoms with Gasteiger partial charge in [-0.05, 0) is 73.6 Å². The number of nitrogens with one attached hydrogen (secondary N) is 2. The van der Waals surface area contributed by atoms with Crippen LogP contribution in [-0.4, -0.2) is 70.2 Å². The van der Waals surface area contributed by atoms with Crippen LogP contribution in [0.1, 0.15) is 57.5 Å². The first-order chi connectivity index (χ1) is 22.3. The molecule has 10 atom stereocenters. The van der Waals surface area contributed by atoms with Crippen LogP contribution in [0.3, 0.4) is 0 Å². The molecule has 236 valence electrons. The number of ketones is 2. The summed E-state index contributed by atoms with van der Waals surface area (Å²) < 4.78 is 0. The standard InChI is InChI=1S/C36H36N4O6/c41-31-19-5-7-20(8-6-19)32(42)30-26-22(14-38-30)10-12-24-28(26)36(46)40(34(24)44)16-18-2-1-17(3-4-18)15-39-33(43)23-11-9-21-13-37-29(31)25(21)27(23)35(39)45/h1-8,21-30,37-38H,9-16H2/t21-,22-,23-,24-,25+,26+,27-,28-,29?,30?/m1/s1. The van der Waals surface area contributed by atoms with Crippen molar-refractivity contribution in [3.63, 3.8) is 0 Å². The molecule has 10 aliphatic rings. The number of carbonyl (C=O) groups is 6. The first-order valence-corrected chi connectivity index (χ1v) is 16.7. The Hall–Kier alpha value is -4.02. The largest absolute Gasteiger partial charge is 0.307 e. The summed E-state index contributed by atoms with van der Waals surface area (Å²) in [4.78, 5) is 85.7. The maximum Gasteiger partial charge on any atom is 0.233 e. The quantitative estimate of drug-likeness (QED) is 0.428. The summed E-state index contributed by atoms with van der Waals surface area (Å²) in [6, 6.07) is 12.9. The summed E-state index contributed by atoms with van der Waals surface area (Å²) in [5.74, 6) is -3.29. The van der Waals surface area contributed by atoms with Crippen LogP contribution in [0.25, 0.3) is 0 Å². The van der Waals surface area contributed by atoms with Gasteiger partial charge in [-0.25, -0.2) is 0 Å². The van der Waals surface area contributed by atoms with Crippen LogP contribution in [0.5, 0.6) is 0 Å². The molecule has 2 aliphatic carbocycles. The van der Waals surface area contributed by atoms with Gasteiger partial charge >= 0.3 is 0 Å². The van der Waals surface area contributed by atoms with Crippen LogP contribution in [-0.2, 0) is 32.3 Å². The van der Waals surface area contributed by atoms with Gasteiger partial charge in [0.15, 0.2) is 11.6 Å². The van der Waals surface area contributed by atoms with Gasteiger partial charge < -0.3 is 10.6 Å². The second kappa shape index (κ2) is 10.2. The third-order valence-electron chi connectivity index (χ3n) is 12.4. The molecule has 0 spiro atoms. The summed E-state index contributed by atoms with van der Waals surface area (Å²) in [5.41, 5.74) is 2.48.